The molecule has 0 aromatic heterocycles. The van der Waals surface area contributed by atoms with Crippen LogP contribution in [0, 0.1) is 0 Å². The maximum atomic E-state index is 13.3. The third-order valence-electron chi connectivity index (χ3n) is 5.56. The highest BCUT2D eigenvalue weighted by molar-refractivity contribution is 6.07. The maximum Gasteiger partial charge on any atom is 0.325 e. The number of urea groups is 1. The quantitative estimate of drug-likeness (QED) is 0.849. The lowest BCUT2D eigenvalue weighted by Crippen LogP contribution is -2.45. The lowest BCUT2D eigenvalue weighted by atomic mass is 9.84. The average molecular weight is 328 g/mol. The van der Waals surface area contributed by atoms with E-state index in [9.17, 15) is 9.59 Å². The number of carbonyl (C=O) groups excluding carboxylic acids is 2. The molecule has 2 saturated heterocycles. The SMILES string of the molecule is O=C1NC2(CCCCc3ccccc32)C(=O)N1CC1CCCCO1. The summed E-state index contributed by atoms with van der Waals surface area (Å²) >= 11 is 0. The number of benzene rings is 1. The van der Waals surface area contributed by atoms with Crippen molar-refractivity contribution in [3.63, 3.8) is 0 Å². The second-order valence-electron chi connectivity index (χ2n) is 7.10. The molecule has 2 fully saturated rings. The van der Waals surface area contributed by atoms with Crippen LogP contribution in [0.3, 0.4) is 0 Å². The van der Waals surface area contributed by atoms with Gasteiger partial charge in [-0.2, -0.15) is 0 Å². The molecule has 5 nitrogen and oxygen atoms in total. The number of fused-ring (bicyclic) bond motifs is 2. The highest BCUT2D eigenvalue weighted by Gasteiger charge is 2.53. The van der Waals surface area contributed by atoms with Gasteiger partial charge in [0.2, 0.25) is 0 Å². The van der Waals surface area contributed by atoms with Gasteiger partial charge in [-0.1, -0.05) is 24.3 Å². The Morgan fingerprint density at radius 1 is 1.17 bits per heavy atom. The Morgan fingerprint density at radius 3 is 2.88 bits per heavy atom. The van der Waals surface area contributed by atoms with Crippen LogP contribution in [-0.4, -0.2) is 36.1 Å². The molecule has 1 aromatic carbocycles. The Bertz CT molecular complexity index is 654. The maximum absolute atomic E-state index is 13.3. The van der Waals surface area contributed by atoms with E-state index in [4.69, 9.17) is 4.74 Å². The summed E-state index contributed by atoms with van der Waals surface area (Å²) in [6, 6.07) is 7.77. The Labute approximate surface area is 142 Å². The second kappa shape index (κ2) is 6.20. The van der Waals surface area contributed by atoms with E-state index >= 15 is 0 Å². The van der Waals surface area contributed by atoms with Crippen LogP contribution in [0.15, 0.2) is 24.3 Å². The summed E-state index contributed by atoms with van der Waals surface area (Å²) in [5.41, 5.74) is 1.28. The first-order chi connectivity index (χ1) is 11.7. The van der Waals surface area contributed by atoms with Crippen LogP contribution in [0.1, 0.15) is 49.7 Å². The monoisotopic (exact) mass is 328 g/mol. The van der Waals surface area contributed by atoms with E-state index in [1.54, 1.807) is 0 Å². The molecular weight excluding hydrogens is 304 g/mol. The first kappa shape index (κ1) is 15.6. The van der Waals surface area contributed by atoms with Gasteiger partial charge in [0.05, 0.1) is 12.6 Å². The molecule has 1 aromatic rings. The minimum atomic E-state index is -0.876. The fraction of sp³-hybridized carbons (Fsp3) is 0.579. The summed E-state index contributed by atoms with van der Waals surface area (Å²) in [6.07, 6.45) is 6.69. The standard InChI is InChI=1S/C19H24N2O3/c22-17-19(11-5-3-8-14-7-1-2-10-16(14)19)20-18(23)21(17)13-15-9-4-6-12-24-15/h1-2,7,10,15H,3-6,8-9,11-13H2,(H,20,23). The van der Waals surface area contributed by atoms with Gasteiger partial charge in [0.25, 0.3) is 5.91 Å². The molecule has 1 N–H and O–H groups in total. The largest absolute Gasteiger partial charge is 0.376 e. The van der Waals surface area contributed by atoms with Crippen LogP contribution in [0.4, 0.5) is 4.79 Å². The summed E-state index contributed by atoms with van der Waals surface area (Å²) < 4.78 is 5.73. The zero-order chi connectivity index (χ0) is 16.6. The van der Waals surface area contributed by atoms with Gasteiger partial charge in [-0.05, 0) is 56.1 Å². The minimum absolute atomic E-state index is 0.0235. The zero-order valence-electron chi connectivity index (χ0n) is 13.9. The van der Waals surface area contributed by atoms with Gasteiger partial charge < -0.3 is 10.1 Å². The van der Waals surface area contributed by atoms with E-state index < -0.39 is 5.54 Å². The molecule has 2 aliphatic heterocycles. The summed E-state index contributed by atoms with van der Waals surface area (Å²) in [5.74, 6) is -0.101. The first-order valence-electron chi connectivity index (χ1n) is 9.05. The number of amides is 3. The van der Waals surface area contributed by atoms with Crippen LogP contribution < -0.4 is 5.32 Å². The summed E-state index contributed by atoms with van der Waals surface area (Å²) in [4.78, 5) is 27.2. The molecule has 2 heterocycles. The third-order valence-corrected chi connectivity index (χ3v) is 5.56. The second-order valence-corrected chi connectivity index (χ2v) is 7.10. The van der Waals surface area contributed by atoms with Gasteiger partial charge in [-0.3, -0.25) is 9.69 Å². The van der Waals surface area contributed by atoms with Crippen molar-refractivity contribution in [2.45, 2.75) is 56.6 Å². The number of ether oxygens (including phenoxy) is 1. The van der Waals surface area contributed by atoms with Crippen molar-refractivity contribution >= 4 is 11.9 Å². The van der Waals surface area contributed by atoms with Gasteiger partial charge in [0.1, 0.15) is 5.54 Å². The molecule has 3 aliphatic rings. The third kappa shape index (κ3) is 2.51. The molecule has 1 aliphatic carbocycles. The molecule has 0 radical (unpaired) electrons. The number of carbonyl (C=O) groups is 2. The van der Waals surface area contributed by atoms with Crippen molar-refractivity contribution in [3.8, 4) is 0 Å². The van der Waals surface area contributed by atoms with E-state index in [0.717, 1.165) is 50.7 Å². The van der Waals surface area contributed by atoms with Crippen molar-refractivity contribution in [1.82, 2.24) is 10.2 Å². The van der Waals surface area contributed by atoms with Gasteiger partial charge in [0, 0.05) is 6.61 Å². The summed E-state index contributed by atoms with van der Waals surface area (Å²) in [5, 5.41) is 3.04. The Hall–Kier alpha value is -1.88. The van der Waals surface area contributed by atoms with E-state index in [1.807, 2.05) is 18.2 Å². The van der Waals surface area contributed by atoms with E-state index in [2.05, 4.69) is 11.4 Å². The fourth-order valence-electron chi connectivity index (χ4n) is 4.29. The van der Waals surface area contributed by atoms with Crippen molar-refractivity contribution in [3.05, 3.63) is 35.4 Å². The topological polar surface area (TPSA) is 58.6 Å². The Balaban J connectivity index is 1.64. The molecule has 2 atom stereocenters. The number of hydrogen-bond donors (Lipinski definition) is 1. The summed E-state index contributed by atoms with van der Waals surface area (Å²) in [6.45, 7) is 1.09. The molecule has 128 valence electrons. The van der Waals surface area contributed by atoms with Crippen LogP contribution in [0.2, 0.25) is 0 Å². The van der Waals surface area contributed by atoms with Gasteiger partial charge in [0.15, 0.2) is 0 Å². The van der Waals surface area contributed by atoms with Crippen molar-refractivity contribution in [2.75, 3.05) is 13.2 Å². The lowest BCUT2D eigenvalue weighted by Gasteiger charge is -2.29. The molecule has 0 saturated carbocycles. The van der Waals surface area contributed by atoms with Crippen LogP contribution >= 0.6 is 0 Å². The van der Waals surface area contributed by atoms with E-state index in [0.29, 0.717) is 13.0 Å². The van der Waals surface area contributed by atoms with Crippen molar-refractivity contribution in [1.29, 1.82) is 0 Å². The molecule has 24 heavy (non-hydrogen) atoms. The van der Waals surface area contributed by atoms with Crippen LogP contribution in [0.25, 0.3) is 0 Å². The predicted molar refractivity (Wildman–Crippen MR) is 89.5 cm³/mol. The number of nitrogens with one attached hydrogen (secondary N) is 1. The first-order valence-corrected chi connectivity index (χ1v) is 9.05. The highest BCUT2D eigenvalue weighted by atomic mass is 16.5. The molecule has 0 bridgehead atoms. The number of hydrogen-bond acceptors (Lipinski definition) is 3. The summed E-state index contributed by atoms with van der Waals surface area (Å²) in [7, 11) is 0. The van der Waals surface area contributed by atoms with Crippen molar-refractivity contribution < 1.29 is 14.3 Å². The fourth-order valence-corrected chi connectivity index (χ4v) is 4.29. The Kier molecular flexibility index (Phi) is 4.04. The molecule has 5 heteroatoms. The molecule has 2 unspecified atom stereocenters. The number of nitrogens with zero attached hydrogens (tertiary/aromatic N) is 1. The smallest absolute Gasteiger partial charge is 0.325 e. The number of rotatable bonds is 2. The molecular formula is C19H24N2O3. The molecule has 4 rings (SSSR count). The molecule has 3 amide bonds. The number of aryl methyl sites for hydroxylation is 1. The van der Waals surface area contributed by atoms with Crippen LogP contribution in [-0.2, 0) is 21.5 Å². The van der Waals surface area contributed by atoms with E-state index in [-0.39, 0.29) is 18.0 Å². The highest BCUT2D eigenvalue weighted by Crippen LogP contribution is 2.39. The molecule has 1 spiro atoms. The normalized spacial score (nSPS) is 30.2. The Morgan fingerprint density at radius 2 is 2.04 bits per heavy atom. The minimum Gasteiger partial charge on any atom is -0.376 e. The van der Waals surface area contributed by atoms with Crippen molar-refractivity contribution in [2.24, 2.45) is 0 Å². The predicted octanol–water partition coefficient (Wildman–Crippen LogP) is 2.73. The van der Waals surface area contributed by atoms with Gasteiger partial charge in [-0.15, -0.1) is 0 Å². The van der Waals surface area contributed by atoms with Gasteiger partial charge in [-0.25, -0.2) is 4.79 Å². The van der Waals surface area contributed by atoms with E-state index in [1.165, 1.54) is 10.5 Å². The number of imide groups is 1. The van der Waals surface area contributed by atoms with Crippen LogP contribution in [0.5, 0.6) is 0 Å². The lowest BCUT2D eigenvalue weighted by molar-refractivity contribution is -0.133. The zero-order valence-corrected chi connectivity index (χ0v) is 13.9. The average Bonchev–Trinajstić information content (AvgIpc) is 2.76. The van der Waals surface area contributed by atoms with Gasteiger partial charge >= 0.3 is 6.03 Å².